The third-order valence-electron chi connectivity index (χ3n) is 5.62. The third-order valence-corrected chi connectivity index (χ3v) is 5.62. The van der Waals surface area contributed by atoms with Gasteiger partial charge in [-0.3, -0.25) is 0 Å². The molecule has 4 nitrogen and oxygen atoms in total. The van der Waals surface area contributed by atoms with E-state index < -0.39 is 0 Å². The van der Waals surface area contributed by atoms with Gasteiger partial charge in [-0.2, -0.15) is 0 Å². The maximum atomic E-state index is 4.93. The fraction of sp³-hybridized carbons (Fsp3) is 0. The van der Waals surface area contributed by atoms with Crippen LogP contribution in [0.4, 0.5) is 0 Å². The van der Waals surface area contributed by atoms with Gasteiger partial charge in [0.25, 0.3) is 0 Å². The Kier molecular flexibility index (Phi) is 5.53. The van der Waals surface area contributed by atoms with Crippen molar-refractivity contribution in [3.05, 3.63) is 113 Å². The van der Waals surface area contributed by atoms with Gasteiger partial charge in [0.05, 0.1) is 22.8 Å². The molecule has 5 heteroatoms. The van der Waals surface area contributed by atoms with E-state index in [1.54, 1.807) is 0 Å². The molecule has 0 spiro atoms. The molecule has 6 rings (SSSR count). The average Bonchev–Trinajstić information content (AvgIpc) is 3.59. The number of benzene rings is 1. The first-order chi connectivity index (χ1) is 15.7. The Balaban J connectivity index is 0.00000228. The summed E-state index contributed by atoms with van der Waals surface area (Å²) in [7, 11) is 0. The van der Waals surface area contributed by atoms with E-state index in [4.69, 9.17) is 9.97 Å². The molecule has 0 amide bonds. The van der Waals surface area contributed by atoms with Crippen LogP contribution in [0.15, 0.2) is 79.4 Å². The molecule has 0 saturated carbocycles. The normalized spacial score (nSPS) is 12.2. The van der Waals surface area contributed by atoms with E-state index in [0.29, 0.717) is 0 Å². The van der Waals surface area contributed by atoms with Gasteiger partial charge in [-0.15, -0.1) is 0 Å². The maximum Gasteiger partial charge on any atom is 0.0736 e. The summed E-state index contributed by atoms with van der Waals surface area (Å²) < 4.78 is 0. The molecule has 0 radical (unpaired) electrons. The van der Waals surface area contributed by atoms with Gasteiger partial charge in [0.2, 0.25) is 0 Å². The molecular formula is C28H20N4Pt. The first kappa shape index (κ1) is 21.1. The van der Waals surface area contributed by atoms with Crippen LogP contribution in [0.25, 0.3) is 51.9 Å². The van der Waals surface area contributed by atoms with Crippen molar-refractivity contribution in [1.82, 2.24) is 19.9 Å². The fourth-order valence-electron chi connectivity index (χ4n) is 4.04. The van der Waals surface area contributed by atoms with E-state index in [0.717, 1.165) is 61.5 Å². The minimum absolute atomic E-state index is 0. The molecule has 0 saturated heterocycles. The summed E-state index contributed by atoms with van der Waals surface area (Å²) >= 11 is 0. The van der Waals surface area contributed by atoms with Crippen molar-refractivity contribution < 1.29 is 21.1 Å². The van der Waals surface area contributed by atoms with Crippen LogP contribution >= 0.6 is 0 Å². The van der Waals surface area contributed by atoms with Gasteiger partial charge in [-0.1, -0.05) is 36.9 Å². The van der Waals surface area contributed by atoms with Crippen molar-refractivity contribution in [2.45, 2.75) is 0 Å². The molecule has 5 heterocycles. The van der Waals surface area contributed by atoms with Gasteiger partial charge in [0, 0.05) is 48.7 Å². The number of rotatable bonds is 2. The number of H-pyrrole nitrogens is 2. The largest absolute Gasteiger partial charge is 0.355 e. The average molecular weight is 608 g/mol. The summed E-state index contributed by atoms with van der Waals surface area (Å²) in [6.07, 6.45) is 8.04. The zero-order chi connectivity index (χ0) is 21.5. The summed E-state index contributed by atoms with van der Waals surface area (Å²) in [4.78, 5) is 16.5. The van der Waals surface area contributed by atoms with Crippen LogP contribution in [0.3, 0.4) is 0 Å². The Morgan fingerprint density at radius 3 is 1.76 bits per heavy atom. The molecule has 162 valence electrons. The molecule has 0 aliphatic carbocycles. The number of nitrogens with zero attached hydrogens (tertiary/aromatic N) is 2. The second-order valence-electron chi connectivity index (χ2n) is 7.92. The molecule has 3 aromatic heterocycles. The van der Waals surface area contributed by atoms with Gasteiger partial charge in [-0.25, -0.2) is 9.97 Å². The molecule has 8 bridgehead atoms. The number of aromatic nitrogens is 4. The van der Waals surface area contributed by atoms with E-state index in [1.807, 2.05) is 30.4 Å². The Morgan fingerprint density at radius 1 is 0.636 bits per heavy atom. The van der Waals surface area contributed by atoms with Crippen LogP contribution in [0, 0.1) is 0 Å². The van der Waals surface area contributed by atoms with Crippen molar-refractivity contribution in [2.24, 2.45) is 0 Å². The molecule has 4 aromatic rings. The Hall–Kier alpha value is -3.75. The molecule has 2 N–H and O–H groups in total. The Labute approximate surface area is 205 Å². The molecule has 1 aromatic carbocycles. The number of fused-ring (bicyclic) bond motifs is 8. The van der Waals surface area contributed by atoms with Crippen LogP contribution in [-0.2, 0) is 21.1 Å². The smallest absolute Gasteiger partial charge is 0.0736 e. The molecule has 2 aliphatic rings. The van der Waals surface area contributed by atoms with Crippen LogP contribution in [0.2, 0.25) is 0 Å². The zero-order valence-electron chi connectivity index (χ0n) is 17.7. The molecule has 0 atom stereocenters. The van der Waals surface area contributed by atoms with Crippen molar-refractivity contribution in [2.75, 3.05) is 0 Å². The summed E-state index contributed by atoms with van der Waals surface area (Å²) in [6.45, 7) is 3.85. The minimum atomic E-state index is 0. The molecular weight excluding hydrogens is 587 g/mol. The van der Waals surface area contributed by atoms with Gasteiger partial charge < -0.3 is 9.97 Å². The Morgan fingerprint density at radius 2 is 1.18 bits per heavy atom. The van der Waals surface area contributed by atoms with Crippen molar-refractivity contribution in [3.8, 4) is 0 Å². The topological polar surface area (TPSA) is 57.4 Å². The van der Waals surface area contributed by atoms with Gasteiger partial charge in [0.1, 0.15) is 0 Å². The van der Waals surface area contributed by atoms with Gasteiger partial charge in [-0.05, 0) is 77.9 Å². The molecule has 0 fully saturated rings. The monoisotopic (exact) mass is 607 g/mol. The summed E-state index contributed by atoms with van der Waals surface area (Å²) in [5.74, 6) is 0. The predicted octanol–water partition coefficient (Wildman–Crippen LogP) is 6.71. The SMILES string of the molecule is C=Cc1ccc(C2=Cc3cc4ccc(cc5nc(cc6ccc(cc2n3)[nH]6)C=C5)[nH]4)cc1.[Pt]. The second kappa shape index (κ2) is 8.65. The fourth-order valence-corrected chi connectivity index (χ4v) is 4.04. The van der Waals surface area contributed by atoms with E-state index in [9.17, 15) is 0 Å². The first-order valence-electron chi connectivity index (χ1n) is 10.5. The van der Waals surface area contributed by atoms with E-state index >= 15 is 0 Å². The molecule has 33 heavy (non-hydrogen) atoms. The minimum Gasteiger partial charge on any atom is -0.355 e. The third kappa shape index (κ3) is 4.30. The number of hydrogen-bond acceptors (Lipinski definition) is 2. The van der Waals surface area contributed by atoms with Crippen molar-refractivity contribution in [3.63, 3.8) is 0 Å². The van der Waals surface area contributed by atoms with E-state index in [-0.39, 0.29) is 21.1 Å². The van der Waals surface area contributed by atoms with Gasteiger partial charge in [0.15, 0.2) is 0 Å². The van der Waals surface area contributed by atoms with Crippen LogP contribution in [-0.4, -0.2) is 19.9 Å². The summed E-state index contributed by atoms with van der Waals surface area (Å²) in [5, 5.41) is 0. The van der Waals surface area contributed by atoms with Gasteiger partial charge >= 0.3 is 0 Å². The number of nitrogens with one attached hydrogen (secondary N) is 2. The molecule has 2 aliphatic heterocycles. The van der Waals surface area contributed by atoms with E-state index in [1.165, 1.54) is 0 Å². The predicted molar refractivity (Wildman–Crippen MR) is 133 cm³/mol. The van der Waals surface area contributed by atoms with E-state index in [2.05, 4.69) is 83.3 Å². The number of aromatic amines is 2. The summed E-state index contributed by atoms with van der Waals surface area (Å²) in [5.41, 5.74) is 11.0. The quantitative estimate of drug-likeness (QED) is 0.230. The second-order valence-corrected chi connectivity index (χ2v) is 7.92. The first-order valence-corrected chi connectivity index (χ1v) is 10.5. The van der Waals surface area contributed by atoms with Crippen LogP contribution < -0.4 is 0 Å². The zero-order valence-corrected chi connectivity index (χ0v) is 19.9. The maximum absolute atomic E-state index is 4.93. The number of hydrogen-bond donors (Lipinski definition) is 2. The van der Waals surface area contributed by atoms with Crippen molar-refractivity contribution >= 4 is 51.9 Å². The standard InChI is InChI=1S/C28H20N4.Pt/c1-2-18-3-5-19(6-4-18)27-16-26-15-24-10-9-22(30-24)13-20-7-8-21(29-20)14-23-11-12-25(31-23)17-28(27)32-26;/h2-17,30-31H,1H2;. The molecule has 0 unspecified atom stereocenters. The Bertz CT molecular complexity index is 1580. The van der Waals surface area contributed by atoms with Crippen molar-refractivity contribution in [1.29, 1.82) is 0 Å². The van der Waals surface area contributed by atoms with Crippen LogP contribution in [0.5, 0.6) is 0 Å². The summed E-state index contributed by atoms with van der Waals surface area (Å²) in [6, 6.07) is 24.9. The van der Waals surface area contributed by atoms with Crippen LogP contribution in [0.1, 0.15) is 33.9 Å².